The van der Waals surface area contributed by atoms with Crippen molar-refractivity contribution >= 4 is 29.1 Å². The largest absolute Gasteiger partial charge is 0.465 e. The quantitative estimate of drug-likeness (QED) is 0.651. The summed E-state index contributed by atoms with van der Waals surface area (Å²) in [5.41, 5.74) is 2.13. The average molecular weight is 375 g/mol. The molecule has 0 aliphatic rings. The molecule has 0 radical (unpaired) electrons. The van der Waals surface area contributed by atoms with E-state index in [0.29, 0.717) is 29.2 Å². The molecule has 142 valence electrons. The first-order valence-corrected chi connectivity index (χ1v) is 8.91. The number of methoxy groups -OCH3 is 1. The summed E-state index contributed by atoms with van der Waals surface area (Å²) in [6.45, 7) is 2.72. The molecule has 1 N–H and O–H groups in total. The Kier molecular flexibility index (Phi) is 6.01. The number of nitrogens with one attached hydrogen (secondary N) is 1. The zero-order valence-electron chi connectivity index (χ0n) is 15.8. The highest BCUT2D eigenvalue weighted by atomic mass is 16.5. The fraction of sp³-hybridized carbons (Fsp3) is 0.136. The second kappa shape index (κ2) is 8.81. The lowest BCUT2D eigenvalue weighted by atomic mass is 10.1. The van der Waals surface area contributed by atoms with E-state index >= 15 is 0 Å². The van der Waals surface area contributed by atoms with Crippen molar-refractivity contribution in [1.82, 2.24) is 4.98 Å². The lowest BCUT2D eigenvalue weighted by Crippen LogP contribution is -2.19. The second-order valence-electron chi connectivity index (χ2n) is 5.97. The Morgan fingerprint density at radius 2 is 1.75 bits per heavy atom. The van der Waals surface area contributed by atoms with E-state index in [0.717, 1.165) is 5.69 Å². The van der Waals surface area contributed by atoms with Crippen LogP contribution in [0.3, 0.4) is 0 Å². The number of benzene rings is 2. The molecule has 0 spiro atoms. The molecular weight excluding hydrogens is 354 g/mol. The second-order valence-corrected chi connectivity index (χ2v) is 5.97. The van der Waals surface area contributed by atoms with E-state index in [-0.39, 0.29) is 5.91 Å². The third-order valence-corrected chi connectivity index (χ3v) is 4.25. The topological polar surface area (TPSA) is 71.5 Å². The number of carbonyl (C=O) groups is 2. The van der Waals surface area contributed by atoms with Gasteiger partial charge in [-0.25, -0.2) is 9.78 Å². The van der Waals surface area contributed by atoms with E-state index in [9.17, 15) is 9.59 Å². The van der Waals surface area contributed by atoms with Gasteiger partial charge in [-0.3, -0.25) is 4.79 Å². The van der Waals surface area contributed by atoms with Crippen molar-refractivity contribution in [1.29, 1.82) is 0 Å². The number of amides is 1. The molecule has 28 heavy (non-hydrogen) atoms. The summed E-state index contributed by atoms with van der Waals surface area (Å²) in [5, 5.41) is 2.78. The first-order chi connectivity index (χ1) is 13.6. The summed E-state index contributed by atoms with van der Waals surface area (Å²) in [5.74, 6) is -0.167. The van der Waals surface area contributed by atoms with Crippen molar-refractivity contribution < 1.29 is 14.3 Å². The van der Waals surface area contributed by atoms with Crippen LogP contribution in [0.15, 0.2) is 72.9 Å². The number of pyridine rings is 1. The minimum absolute atomic E-state index is 0.298. The maximum Gasteiger partial charge on any atom is 0.339 e. The van der Waals surface area contributed by atoms with Gasteiger partial charge in [-0.15, -0.1) is 0 Å². The van der Waals surface area contributed by atoms with Crippen LogP contribution in [0, 0.1) is 0 Å². The molecule has 6 nitrogen and oxygen atoms in total. The highest BCUT2D eigenvalue weighted by molar-refractivity contribution is 6.08. The highest BCUT2D eigenvalue weighted by Crippen LogP contribution is 2.24. The summed E-state index contributed by atoms with van der Waals surface area (Å²) in [6.07, 6.45) is 1.60. The van der Waals surface area contributed by atoms with Gasteiger partial charge in [-0.2, -0.15) is 0 Å². The van der Waals surface area contributed by atoms with Crippen LogP contribution >= 0.6 is 0 Å². The molecule has 0 atom stereocenters. The van der Waals surface area contributed by atoms with Crippen molar-refractivity contribution in [2.24, 2.45) is 0 Å². The zero-order valence-corrected chi connectivity index (χ0v) is 15.8. The summed E-state index contributed by atoms with van der Waals surface area (Å²) in [6, 6.07) is 19.9. The van der Waals surface area contributed by atoms with Crippen LogP contribution in [-0.2, 0) is 4.74 Å². The van der Waals surface area contributed by atoms with Gasteiger partial charge >= 0.3 is 5.97 Å². The molecular formula is C22H21N3O3. The fourth-order valence-electron chi connectivity index (χ4n) is 2.87. The zero-order chi connectivity index (χ0) is 19.9. The maximum absolute atomic E-state index is 12.8. The highest BCUT2D eigenvalue weighted by Gasteiger charge is 2.16. The Hall–Kier alpha value is -3.67. The Bertz CT molecular complexity index is 974. The number of para-hydroxylation sites is 2. The molecule has 0 unspecified atom stereocenters. The molecule has 1 heterocycles. The Labute approximate surface area is 163 Å². The van der Waals surface area contributed by atoms with Gasteiger partial charge in [0.05, 0.1) is 18.4 Å². The van der Waals surface area contributed by atoms with Gasteiger partial charge in [0.2, 0.25) is 0 Å². The van der Waals surface area contributed by atoms with Crippen molar-refractivity contribution in [2.75, 3.05) is 23.9 Å². The molecule has 0 saturated carbocycles. The number of hydrogen-bond donors (Lipinski definition) is 1. The minimum Gasteiger partial charge on any atom is -0.465 e. The van der Waals surface area contributed by atoms with E-state index in [1.807, 2.05) is 42.2 Å². The predicted octanol–water partition coefficient (Wildman–Crippen LogP) is 4.28. The van der Waals surface area contributed by atoms with Crippen LogP contribution < -0.4 is 10.2 Å². The Morgan fingerprint density at radius 1 is 1.04 bits per heavy atom. The van der Waals surface area contributed by atoms with Crippen LogP contribution in [0.4, 0.5) is 17.2 Å². The van der Waals surface area contributed by atoms with Gasteiger partial charge in [0.1, 0.15) is 5.82 Å². The Balaban J connectivity index is 1.86. The molecule has 0 saturated heterocycles. The smallest absolute Gasteiger partial charge is 0.339 e. The first kappa shape index (κ1) is 19.1. The van der Waals surface area contributed by atoms with Crippen LogP contribution in [0.2, 0.25) is 0 Å². The van der Waals surface area contributed by atoms with Crippen LogP contribution in [0.1, 0.15) is 27.6 Å². The molecule has 3 aromatic rings. The van der Waals surface area contributed by atoms with E-state index in [1.165, 1.54) is 7.11 Å². The molecule has 1 amide bonds. The van der Waals surface area contributed by atoms with Crippen molar-refractivity contribution in [3.8, 4) is 0 Å². The number of rotatable bonds is 6. The summed E-state index contributed by atoms with van der Waals surface area (Å²) in [4.78, 5) is 31.1. The average Bonchev–Trinajstić information content (AvgIpc) is 2.75. The lowest BCUT2D eigenvalue weighted by Gasteiger charge is -2.22. The monoisotopic (exact) mass is 375 g/mol. The third-order valence-electron chi connectivity index (χ3n) is 4.25. The standard InChI is InChI=1S/C22H21N3O3/c1-3-25(17-9-5-4-6-10-17)20-15-16(13-14-23-20)21(26)24-19-12-8-7-11-18(19)22(27)28-2/h4-15H,3H2,1-2H3,(H,24,26). The molecule has 0 aliphatic carbocycles. The van der Waals surface area contributed by atoms with Crippen LogP contribution in [0.25, 0.3) is 0 Å². The van der Waals surface area contributed by atoms with Crippen LogP contribution in [0.5, 0.6) is 0 Å². The van der Waals surface area contributed by atoms with E-state index in [1.54, 1.807) is 42.6 Å². The van der Waals surface area contributed by atoms with Gasteiger partial charge in [0.15, 0.2) is 0 Å². The number of hydrogen-bond acceptors (Lipinski definition) is 5. The van der Waals surface area contributed by atoms with Gasteiger partial charge < -0.3 is 15.0 Å². The maximum atomic E-state index is 12.8. The minimum atomic E-state index is -0.507. The Morgan fingerprint density at radius 3 is 2.46 bits per heavy atom. The number of ether oxygens (including phenoxy) is 1. The summed E-state index contributed by atoms with van der Waals surface area (Å²) in [7, 11) is 1.30. The molecule has 3 rings (SSSR count). The molecule has 2 aromatic carbocycles. The predicted molar refractivity (Wildman–Crippen MR) is 109 cm³/mol. The molecule has 6 heteroatoms. The van der Waals surface area contributed by atoms with Crippen molar-refractivity contribution in [2.45, 2.75) is 6.92 Å². The number of esters is 1. The molecule has 1 aromatic heterocycles. The normalized spacial score (nSPS) is 10.2. The van der Waals surface area contributed by atoms with Gasteiger partial charge in [-0.05, 0) is 43.3 Å². The molecule has 0 fully saturated rings. The van der Waals surface area contributed by atoms with Gasteiger partial charge in [-0.1, -0.05) is 30.3 Å². The van der Waals surface area contributed by atoms with E-state index in [2.05, 4.69) is 10.3 Å². The molecule has 0 aliphatic heterocycles. The van der Waals surface area contributed by atoms with Gasteiger partial charge in [0.25, 0.3) is 5.91 Å². The first-order valence-electron chi connectivity index (χ1n) is 8.91. The van der Waals surface area contributed by atoms with E-state index < -0.39 is 5.97 Å². The summed E-state index contributed by atoms with van der Waals surface area (Å²) >= 11 is 0. The fourth-order valence-corrected chi connectivity index (χ4v) is 2.87. The van der Waals surface area contributed by atoms with E-state index in [4.69, 9.17) is 4.74 Å². The third kappa shape index (κ3) is 4.17. The number of carbonyl (C=O) groups excluding carboxylic acids is 2. The molecule has 0 bridgehead atoms. The van der Waals surface area contributed by atoms with Crippen LogP contribution in [-0.4, -0.2) is 30.5 Å². The van der Waals surface area contributed by atoms with Crippen molar-refractivity contribution in [3.05, 3.63) is 84.1 Å². The van der Waals surface area contributed by atoms with Crippen molar-refractivity contribution in [3.63, 3.8) is 0 Å². The SMILES string of the molecule is CCN(c1ccccc1)c1cc(C(=O)Nc2ccccc2C(=O)OC)ccn1. The number of nitrogens with zero attached hydrogens (tertiary/aromatic N) is 2. The summed E-state index contributed by atoms with van der Waals surface area (Å²) < 4.78 is 4.77. The number of aromatic nitrogens is 1. The lowest BCUT2D eigenvalue weighted by molar-refractivity contribution is 0.0602. The van der Waals surface area contributed by atoms with Gasteiger partial charge in [0, 0.05) is 24.0 Å². The number of anilines is 3.